The summed E-state index contributed by atoms with van der Waals surface area (Å²) in [5, 5.41) is 0.927. The lowest BCUT2D eigenvalue weighted by Gasteiger charge is -2.34. The van der Waals surface area contributed by atoms with Gasteiger partial charge < -0.3 is 9.47 Å². The predicted octanol–water partition coefficient (Wildman–Crippen LogP) is 5.02. The van der Waals surface area contributed by atoms with Gasteiger partial charge in [0.05, 0.1) is 22.5 Å². The number of hydrogen-bond donors (Lipinski definition) is 0. The van der Waals surface area contributed by atoms with Gasteiger partial charge in [0.15, 0.2) is 0 Å². The smallest absolute Gasteiger partial charge is 0.254 e. The van der Waals surface area contributed by atoms with E-state index in [2.05, 4.69) is 60.4 Å². The van der Waals surface area contributed by atoms with Gasteiger partial charge in [-0.2, -0.15) is 0 Å². The van der Waals surface area contributed by atoms with Crippen molar-refractivity contribution in [2.75, 3.05) is 32.7 Å². The molecule has 0 saturated carbocycles. The Kier molecular flexibility index (Phi) is 6.28. The first kappa shape index (κ1) is 22.1. The molecule has 1 amide bonds. The molecule has 0 atom stereocenters. The Morgan fingerprint density at radius 3 is 2.50 bits per heavy atom. The molecule has 0 bridgehead atoms. The van der Waals surface area contributed by atoms with Crippen LogP contribution in [0, 0.1) is 6.92 Å². The summed E-state index contributed by atoms with van der Waals surface area (Å²) in [6.07, 6.45) is 6.37. The zero-order valence-corrected chi connectivity index (χ0v) is 19.8. The Hall–Kier alpha value is -3.70. The van der Waals surface area contributed by atoms with E-state index >= 15 is 0 Å². The molecule has 1 aliphatic rings. The number of aryl methyl sites for hydroxylation is 2. The highest BCUT2D eigenvalue weighted by Crippen LogP contribution is 2.27. The molecule has 5 rings (SSSR count). The average molecular weight is 451 g/mol. The summed E-state index contributed by atoms with van der Waals surface area (Å²) < 4.78 is 2.04. The molecule has 2 aromatic carbocycles. The van der Waals surface area contributed by atoms with Crippen LogP contribution in [0.15, 0.2) is 79.0 Å². The number of piperazine rings is 1. The number of carbonyl (C=O) groups excluding carboxylic acids is 1. The van der Waals surface area contributed by atoms with E-state index in [9.17, 15) is 4.79 Å². The monoisotopic (exact) mass is 450 g/mol. The maximum Gasteiger partial charge on any atom is 0.254 e. The summed E-state index contributed by atoms with van der Waals surface area (Å²) in [5.74, 6) is 0.0907. The van der Waals surface area contributed by atoms with Crippen molar-refractivity contribution >= 4 is 22.9 Å². The molecule has 4 aromatic rings. The molecule has 1 aliphatic heterocycles. The van der Waals surface area contributed by atoms with E-state index in [1.165, 1.54) is 5.56 Å². The van der Waals surface area contributed by atoms with Gasteiger partial charge in [-0.15, -0.1) is 0 Å². The Morgan fingerprint density at radius 2 is 1.76 bits per heavy atom. The number of aromatic nitrogens is 2. The number of benzene rings is 2. The Morgan fingerprint density at radius 1 is 0.971 bits per heavy atom. The minimum absolute atomic E-state index is 0.0907. The highest BCUT2D eigenvalue weighted by Gasteiger charge is 2.24. The number of amides is 1. The Bertz CT molecular complexity index is 1330. The highest BCUT2D eigenvalue weighted by atomic mass is 16.2. The Labute approximate surface area is 201 Å². The summed E-state index contributed by atoms with van der Waals surface area (Å²) in [5.41, 5.74) is 5.78. The van der Waals surface area contributed by atoms with Gasteiger partial charge in [0.2, 0.25) is 0 Å². The van der Waals surface area contributed by atoms with Crippen molar-refractivity contribution in [3.05, 3.63) is 95.7 Å². The minimum Gasteiger partial charge on any atom is -0.349 e. The fourth-order valence-electron chi connectivity index (χ4n) is 4.58. The number of pyridine rings is 1. The summed E-state index contributed by atoms with van der Waals surface area (Å²) in [6.45, 7) is 6.15. The van der Waals surface area contributed by atoms with Crippen LogP contribution in [-0.2, 0) is 7.05 Å². The second-order valence-corrected chi connectivity index (χ2v) is 8.99. The molecule has 3 heterocycles. The molecule has 5 heteroatoms. The third-order valence-corrected chi connectivity index (χ3v) is 6.53. The molecule has 0 radical (unpaired) electrons. The molecular weight excluding hydrogens is 420 g/mol. The van der Waals surface area contributed by atoms with Gasteiger partial charge in [0.25, 0.3) is 5.91 Å². The zero-order chi connectivity index (χ0) is 23.5. The summed E-state index contributed by atoms with van der Waals surface area (Å²) in [7, 11) is 2.00. The van der Waals surface area contributed by atoms with E-state index < -0.39 is 0 Å². The van der Waals surface area contributed by atoms with Crippen molar-refractivity contribution in [1.29, 1.82) is 0 Å². The molecule has 5 nitrogen and oxygen atoms in total. The maximum absolute atomic E-state index is 13.7. The lowest BCUT2D eigenvalue weighted by Crippen LogP contribution is -2.48. The molecule has 0 spiro atoms. The molecule has 0 aliphatic carbocycles. The van der Waals surface area contributed by atoms with Crippen molar-refractivity contribution in [3.63, 3.8) is 0 Å². The van der Waals surface area contributed by atoms with Crippen LogP contribution in [0.2, 0.25) is 0 Å². The average Bonchev–Trinajstić information content (AvgIpc) is 3.30. The van der Waals surface area contributed by atoms with E-state index in [0.717, 1.165) is 66.1 Å². The van der Waals surface area contributed by atoms with Crippen LogP contribution in [-0.4, -0.2) is 58.0 Å². The second-order valence-electron chi connectivity index (χ2n) is 8.99. The van der Waals surface area contributed by atoms with E-state index in [1.54, 1.807) is 0 Å². The first-order valence-corrected chi connectivity index (χ1v) is 11.8. The van der Waals surface area contributed by atoms with Crippen molar-refractivity contribution in [3.8, 4) is 11.4 Å². The molecule has 34 heavy (non-hydrogen) atoms. The summed E-state index contributed by atoms with van der Waals surface area (Å²) in [6, 6.07) is 22.5. The number of hydrogen-bond acceptors (Lipinski definition) is 3. The van der Waals surface area contributed by atoms with Crippen molar-refractivity contribution in [1.82, 2.24) is 19.4 Å². The first-order valence-electron chi connectivity index (χ1n) is 11.8. The number of rotatable bonds is 5. The SMILES string of the molecule is Cc1ccc2nc(-c3cccn3C)cc(C(=O)N3CCN(C/C=C/c4ccccc4)CC3)c2c1. The molecule has 172 valence electrons. The quantitative estimate of drug-likeness (QED) is 0.429. The molecular formula is C29H30N4O. The van der Waals surface area contributed by atoms with Gasteiger partial charge in [-0.1, -0.05) is 54.1 Å². The number of carbonyl (C=O) groups is 1. The van der Waals surface area contributed by atoms with Gasteiger partial charge in [-0.05, 0) is 42.8 Å². The van der Waals surface area contributed by atoms with Crippen LogP contribution in [0.25, 0.3) is 28.4 Å². The third-order valence-electron chi connectivity index (χ3n) is 6.53. The molecule has 1 fully saturated rings. The van der Waals surface area contributed by atoms with Crippen LogP contribution in [0.5, 0.6) is 0 Å². The van der Waals surface area contributed by atoms with E-state index in [0.29, 0.717) is 0 Å². The lowest BCUT2D eigenvalue weighted by atomic mass is 10.0. The van der Waals surface area contributed by atoms with Crippen molar-refractivity contribution < 1.29 is 4.79 Å². The highest BCUT2D eigenvalue weighted by molar-refractivity contribution is 6.07. The van der Waals surface area contributed by atoms with Gasteiger partial charge >= 0.3 is 0 Å². The third kappa shape index (κ3) is 4.66. The zero-order valence-electron chi connectivity index (χ0n) is 19.8. The van der Waals surface area contributed by atoms with Gasteiger partial charge in [-0.25, -0.2) is 4.98 Å². The molecule has 2 aromatic heterocycles. The lowest BCUT2D eigenvalue weighted by molar-refractivity contribution is 0.0652. The summed E-state index contributed by atoms with van der Waals surface area (Å²) in [4.78, 5) is 23.0. The Balaban J connectivity index is 1.34. The van der Waals surface area contributed by atoms with Crippen LogP contribution in [0.4, 0.5) is 0 Å². The van der Waals surface area contributed by atoms with Crippen molar-refractivity contribution in [2.24, 2.45) is 7.05 Å². The van der Waals surface area contributed by atoms with Crippen LogP contribution in [0.1, 0.15) is 21.5 Å². The van der Waals surface area contributed by atoms with Gasteiger partial charge in [0, 0.05) is 51.4 Å². The maximum atomic E-state index is 13.7. The molecule has 0 unspecified atom stereocenters. The molecule has 1 saturated heterocycles. The fourth-order valence-corrected chi connectivity index (χ4v) is 4.58. The van der Waals surface area contributed by atoms with Crippen LogP contribution in [0.3, 0.4) is 0 Å². The number of fused-ring (bicyclic) bond motifs is 1. The number of nitrogens with zero attached hydrogens (tertiary/aromatic N) is 4. The van der Waals surface area contributed by atoms with Crippen LogP contribution >= 0.6 is 0 Å². The van der Waals surface area contributed by atoms with Gasteiger partial charge in [-0.3, -0.25) is 9.69 Å². The van der Waals surface area contributed by atoms with Crippen LogP contribution < -0.4 is 0 Å². The van der Waals surface area contributed by atoms with Crippen molar-refractivity contribution in [2.45, 2.75) is 6.92 Å². The normalized spacial score (nSPS) is 14.8. The van der Waals surface area contributed by atoms with Gasteiger partial charge in [0.1, 0.15) is 0 Å². The largest absolute Gasteiger partial charge is 0.349 e. The van der Waals surface area contributed by atoms with E-state index in [1.807, 2.05) is 53.0 Å². The minimum atomic E-state index is 0.0907. The standard InChI is InChI=1S/C29H30N4O/c1-22-12-13-26-24(20-22)25(21-27(30-26)28-11-7-14-31(28)2)29(34)33-18-16-32(17-19-33)15-6-10-23-8-4-3-5-9-23/h3-14,20-21H,15-19H2,1-2H3/b10-6+. The topological polar surface area (TPSA) is 41.4 Å². The predicted molar refractivity (Wildman–Crippen MR) is 139 cm³/mol. The van der Waals surface area contributed by atoms with E-state index in [-0.39, 0.29) is 5.91 Å². The second kappa shape index (κ2) is 9.65. The fraction of sp³-hybridized carbons (Fsp3) is 0.241. The summed E-state index contributed by atoms with van der Waals surface area (Å²) >= 11 is 0. The van der Waals surface area contributed by atoms with E-state index in [4.69, 9.17) is 4.98 Å². The first-order chi connectivity index (χ1) is 16.6. The molecule has 0 N–H and O–H groups in total.